The first-order valence-corrected chi connectivity index (χ1v) is 8.58. The van der Waals surface area contributed by atoms with Gasteiger partial charge in [-0.15, -0.1) is 11.3 Å². The molecule has 2 unspecified atom stereocenters. The average molecular weight is 331 g/mol. The normalized spacial score (nSPS) is 19.0. The number of methoxy groups -OCH3 is 1. The Morgan fingerprint density at radius 2 is 2.26 bits per heavy atom. The SMILES string of the molecule is COC(C)c1nc(CN2CC(C)C(=O)Nc3ccccc32)cs1. The number of hydrogen-bond donors (Lipinski definition) is 1. The van der Waals surface area contributed by atoms with Gasteiger partial charge in [-0.25, -0.2) is 4.98 Å². The summed E-state index contributed by atoms with van der Waals surface area (Å²) in [5.41, 5.74) is 2.91. The molecule has 2 atom stereocenters. The first-order valence-electron chi connectivity index (χ1n) is 7.70. The van der Waals surface area contributed by atoms with Crippen LogP contribution in [-0.4, -0.2) is 24.5 Å². The summed E-state index contributed by atoms with van der Waals surface area (Å²) < 4.78 is 5.33. The standard InChI is InChI=1S/C17H21N3O2S/c1-11-8-20(9-13-10-23-17(18-13)12(2)22-3)15-7-5-4-6-14(15)19-16(11)21/h4-7,10-12H,8-9H2,1-3H3,(H,19,21). The summed E-state index contributed by atoms with van der Waals surface area (Å²) in [6.07, 6.45) is 0.00679. The van der Waals surface area contributed by atoms with Crippen LogP contribution in [-0.2, 0) is 16.1 Å². The van der Waals surface area contributed by atoms with Crippen LogP contribution < -0.4 is 10.2 Å². The number of fused-ring (bicyclic) bond motifs is 1. The topological polar surface area (TPSA) is 54.5 Å². The maximum atomic E-state index is 12.1. The number of nitrogens with zero attached hydrogens (tertiary/aromatic N) is 2. The minimum atomic E-state index is -0.0709. The monoisotopic (exact) mass is 331 g/mol. The van der Waals surface area contributed by atoms with E-state index in [1.165, 1.54) is 0 Å². The Balaban J connectivity index is 1.86. The smallest absolute Gasteiger partial charge is 0.229 e. The fraction of sp³-hybridized carbons (Fsp3) is 0.412. The molecule has 23 heavy (non-hydrogen) atoms. The molecule has 0 aliphatic carbocycles. The van der Waals surface area contributed by atoms with Gasteiger partial charge in [0.25, 0.3) is 0 Å². The number of ether oxygens (including phenoxy) is 1. The van der Waals surface area contributed by atoms with Crippen LogP contribution in [0.2, 0.25) is 0 Å². The Hall–Kier alpha value is -1.92. The number of thiazole rings is 1. The molecular formula is C17H21N3O2S. The summed E-state index contributed by atoms with van der Waals surface area (Å²) in [5.74, 6) is -0.00896. The summed E-state index contributed by atoms with van der Waals surface area (Å²) in [6, 6.07) is 7.92. The molecule has 2 aromatic rings. The molecule has 0 saturated carbocycles. The fourth-order valence-corrected chi connectivity index (χ4v) is 3.49. The molecule has 6 heteroatoms. The number of benzene rings is 1. The van der Waals surface area contributed by atoms with E-state index in [-0.39, 0.29) is 17.9 Å². The van der Waals surface area contributed by atoms with Gasteiger partial charge >= 0.3 is 0 Å². The van der Waals surface area contributed by atoms with Crippen LogP contribution in [0.15, 0.2) is 29.6 Å². The minimum absolute atomic E-state index is 0.00679. The van der Waals surface area contributed by atoms with Crippen molar-refractivity contribution in [2.24, 2.45) is 5.92 Å². The van der Waals surface area contributed by atoms with Crippen LogP contribution in [0.25, 0.3) is 0 Å². The Labute approximate surface area is 140 Å². The third-order valence-electron chi connectivity index (χ3n) is 4.07. The van der Waals surface area contributed by atoms with Gasteiger partial charge in [0.15, 0.2) is 0 Å². The first-order chi connectivity index (χ1) is 11.1. The molecule has 1 aromatic heterocycles. The van der Waals surface area contributed by atoms with Crippen molar-refractivity contribution in [3.8, 4) is 0 Å². The molecule has 1 N–H and O–H groups in total. The van der Waals surface area contributed by atoms with Crippen LogP contribution >= 0.6 is 11.3 Å². The highest BCUT2D eigenvalue weighted by molar-refractivity contribution is 7.09. The number of para-hydroxylation sites is 2. The van der Waals surface area contributed by atoms with Crippen molar-refractivity contribution in [3.05, 3.63) is 40.3 Å². The largest absolute Gasteiger partial charge is 0.375 e. The highest BCUT2D eigenvalue weighted by Crippen LogP contribution is 2.31. The van der Waals surface area contributed by atoms with Gasteiger partial charge < -0.3 is 15.0 Å². The van der Waals surface area contributed by atoms with Crippen LogP contribution in [0.3, 0.4) is 0 Å². The molecule has 0 radical (unpaired) electrons. The van der Waals surface area contributed by atoms with E-state index in [9.17, 15) is 4.79 Å². The van der Waals surface area contributed by atoms with Crippen molar-refractivity contribution in [3.63, 3.8) is 0 Å². The van der Waals surface area contributed by atoms with Crippen molar-refractivity contribution in [2.45, 2.75) is 26.5 Å². The highest BCUT2D eigenvalue weighted by Gasteiger charge is 2.25. The predicted molar refractivity (Wildman–Crippen MR) is 92.8 cm³/mol. The van der Waals surface area contributed by atoms with E-state index in [1.54, 1.807) is 18.4 Å². The van der Waals surface area contributed by atoms with E-state index in [4.69, 9.17) is 4.74 Å². The predicted octanol–water partition coefficient (Wildman–Crippen LogP) is 3.45. The van der Waals surface area contributed by atoms with E-state index in [2.05, 4.69) is 20.6 Å². The van der Waals surface area contributed by atoms with E-state index in [1.807, 2.05) is 38.1 Å². The Morgan fingerprint density at radius 1 is 1.48 bits per heavy atom. The number of rotatable bonds is 4. The van der Waals surface area contributed by atoms with E-state index in [0.29, 0.717) is 13.1 Å². The molecule has 5 nitrogen and oxygen atoms in total. The molecule has 0 bridgehead atoms. The van der Waals surface area contributed by atoms with Crippen LogP contribution in [0.5, 0.6) is 0 Å². The van der Waals surface area contributed by atoms with Gasteiger partial charge in [-0.1, -0.05) is 19.1 Å². The minimum Gasteiger partial charge on any atom is -0.375 e. The lowest BCUT2D eigenvalue weighted by molar-refractivity contribution is -0.119. The third-order valence-corrected chi connectivity index (χ3v) is 5.12. The quantitative estimate of drug-likeness (QED) is 0.932. The molecule has 1 amide bonds. The maximum Gasteiger partial charge on any atom is 0.229 e. The number of hydrogen-bond acceptors (Lipinski definition) is 5. The van der Waals surface area contributed by atoms with Crippen molar-refractivity contribution >= 4 is 28.6 Å². The van der Waals surface area contributed by atoms with Crippen LogP contribution in [0.4, 0.5) is 11.4 Å². The lowest BCUT2D eigenvalue weighted by Crippen LogP contribution is -2.30. The Morgan fingerprint density at radius 3 is 3.04 bits per heavy atom. The van der Waals surface area contributed by atoms with Crippen LogP contribution in [0, 0.1) is 5.92 Å². The van der Waals surface area contributed by atoms with E-state index < -0.39 is 0 Å². The molecule has 1 aliphatic rings. The number of carbonyl (C=O) groups excluding carboxylic acids is 1. The first kappa shape index (κ1) is 16.0. The summed E-state index contributed by atoms with van der Waals surface area (Å²) in [7, 11) is 1.69. The summed E-state index contributed by atoms with van der Waals surface area (Å²) in [4.78, 5) is 19.0. The molecule has 2 heterocycles. The molecule has 0 fully saturated rings. The number of aromatic nitrogens is 1. The zero-order valence-corrected chi connectivity index (χ0v) is 14.4. The second-order valence-electron chi connectivity index (χ2n) is 5.84. The highest BCUT2D eigenvalue weighted by atomic mass is 32.1. The average Bonchev–Trinajstić information content (AvgIpc) is 2.98. The van der Waals surface area contributed by atoms with Gasteiger partial charge in [-0.05, 0) is 19.1 Å². The molecule has 0 saturated heterocycles. The zero-order valence-electron chi connectivity index (χ0n) is 13.6. The van der Waals surface area contributed by atoms with Gasteiger partial charge in [0.2, 0.25) is 5.91 Å². The van der Waals surface area contributed by atoms with Gasteiger partial charge in [-0.2, -0.15) is 0 Å². The Kier molecular flexibility index (Phi) is 4.63. The Bertz CT molecular complexity index is 701. The van der Waals surface area contributed by atoms with Gasteiger partial charge in [0, 0.05) is 19.0 Å². The second-order valence-corrected chi connectivity index (χ2v) is 6.73. The second kappa shape index (κ2) is 6.68. The summed E-state index contributed by atoms with van der Waals surface area (Å²) in [5, 5.41) is 6.05. The molecule has 1 aromatic carbocycles. The zero-order chi connectivity index (χ0) is 16.4. The molecule has 1 aliphatic heterocycles. The molecule has 0 spiro atoms. The fourth-order valence-electron chi connectivity index (χ4n) is 2.65. The van der Waals surface area contributed by atoms with Gasteiger partial charge in [0.05, 0.1) is 29.5 Å². The lowest BCUT2D eigenvalue weighted by Gasteiger charge is -2.24. The molecule has 3 rings (SSSR count). The van der Waals surface area contributed by atoms with E-state index >= 15 is 0 Å². The third kappa shape index (κ3) is 3.38. The van der Waals surface area contributed by atoms with Crippen molar-refractivity contribution in [2.75, 3.05) is 23.9 Å². The van der Waals surface area contributed by atoms with Gasteiger partial charge in [0.1, 0.15) is 11.1 Å². The van der Waals surface area contributed by atoms with E-state index in [0.717, 1.165) is 22.1 Å². The number of amides is 1. The summed E-state index contributed by atoms with van der Waals surface area (Å²) in [6.45, 7) is 5.31. The van der Waals surface area contributed by atoms with Gasteiger partial charge in [-0.3, -0.25) is 4.79 Å². The molecule has 122 valence electrons. The van der Waals surface area contributed by atoms with Crippen LogP contribution in [0.1, 0.15) is 30.7 Å². The maximum absolute atomic E-state index is 12.1. The van der Waals surface area contributed by atoms with Crippen molar-refractivity contribution in [1.29, 1.82) is 0 Å². The lowest BCUT2D eigenvalue weighted by atomic mass is 10.1. The number of carbonyl (C=O) groups is 1. The number of nitrogens with one attached hydrogen (secondary N) is 1. The summed E-state index contributed by atoms with van der Waals surface area (Å²) >= 11 is 1.61. The molecular weight excluding hydrogens is 310 g/mol. The van der Waals surface area contributed by atoms with Crippen molar-refractivity contribution < 1.29 is 9.53 Å². The van der Waals surface area contributed by atoms with Crippen molar-refractivity contribution in [1.82, 2.24) is 4.98 Å². The number of anilines is 2.